The van der Waals surface area contributed by atoms with Crippen molar-refractivity contribution < 1.29 is 4.79 Å². The summed E-state index contributed by atoms with van der Waals surface area (Å²) in [5, 5.41) is 8.38. The minimum absolute atomic E-state index is 0.192. The lowest BCUT2D eigenvalue weighted by molar-refractivity contribution is 0.102. The molecule has 0 bridgehead atoms. The molecular formula is C20H15BrN4O2. The third-order valence-corrected chi connectivity index (χ3v) is 4.76. The fourth-order valence-electron chi connectivity index (χ4n) is 2.94. The fourth-order valence-corrected chi connectivity index (χ4v) is 3.32. The predicted molar refractivity (Wildman–Crippen MR) is 109 cm³/mol. The van der Waals surface area contributed by atoms with E-state index in [4.69, 9.17) is 0 Å². The van der Waals surface area contributed by atoms with Crippen molar-refractivity contribution in [2.45, 2.75) is 6.92 Å². The van der Waals surface area contributed by atoms with Gasteiger partial charge < -0.3 is 10.3 Å². The maximum Gasteiger partial charge on any atom is 0.272 e. The molecule has 4 rings (SSSR count). The van der Waals surface area contributed by atoms with Gasteiger partial charge >= 0.3 is 0 Å². The molecule has 27 heavy (non-hydrogen) atoms. The highest BCUT2D eigenvalue weighted by Gasteiger charge is 2.13. The number of fused-ring (bicyclic) bond motifs is 1. The average molecular weight is 423 g/mol. The first kappa shape index (κ1) is 17.2. The van der Waals surface area contributed by atoms with E-state index in [-0.39, 0.29) is 11.3 Å². The summed E-state index contributed by atoms with van der Waals surface area (Å²) in [4.78, 5) is 27.7. The monoisotopic (exact) mass is 422 g/mol. The van der Waals surface area contributed by atoms with Crippen LogP contribution >= 0.6 is 15.9 Å². The molecule has 0 atom stereocenters. The highest BCUT2D eigenvalue weighted by molar-refractivity contribution is 9.10. The van der Waals surface area contributed by atoms with E-state index in [0.29, 0.717) is 16.5 Å². The van der Waals surface area contributed by atoms with Crippen molar-refractivity contribution in [2.75, 3.05) is 5.32 Å². The van der Waals surface area contributed by atoms with Crippen molar-refractivity contribution in [3.8, 4) is 5.69 Å². The molecule has 0 saturated carbocycles. The highest BCUT2D eigenvalue weighted by Crippen LogP contribution is 2.22. The number of para-hydroxylation sites is 2. The van der Waals surface area contributed by atoms with Crippen molar-refractivity contribution in [3.05, 3.63) is 87.0 Å². The number of amides is 1. The van der Waals surface area contributed by atoms with Crippen molar-refractivity contribution in [1.29, 1.82) is 0 Å². The summed E-state index contributed by atoms with van der Waals surface area (Å²) in [7, 11) is 0. The Morgan fingerprint density at radius 3 is 2.74 bits per heavy atom. The second-order valence-electron chi connectivity index (χ2n) is 6.10. The third-order valence-electron chi connectivity index (χ3n) is 4.26. The zero-order valence-electron chi connectivity index (χ0n) is 14.4. The number of aromatic amines is 1. The standard InChI is InChI=1S/C20H15BrN4O2/c1-12-8-9-22-25(12)18-5-3-2-4-16(18)23-20(27)17-11-13-10-14(21)6-7-15(13)19(26)24-17/h2-11H,1H3,(H,23,27)(H,24,26). The Hall–Kier alpha value is -3.19. The number of rotatable bonds is 3. The number of hydrogen-bond acceptors (Lipinski definition) is 3. The van der Waals surface area contributed by atoms with E-state index in [1.807, 2.05) is 37.3 Å². The van der Waals surface area contributed by atoms with Crippen LogP contribution in [0.3, 0.4) is 0 Å². The van der Waals surface area contributed by atoms with Crippen LogP contribution in [0.2, 0.25) is 0 Å². The summed E-state index contributed by atoms with van der Waals surface area (Å²) in [6.45, 7) is 1.93. The van der Waals surface area contributed by atoms with Gasteiger partial charge in [0.25, 0.3) is 11.5 Å². The molecule has 2 N–H and O–H groups in total. The number of carbonyl (C=O) groups excluding carboxylic acids is 1. The van der Waals surface area contributed by atoms with E-state index in [9.17, 15) is 9.59 Å². The van der Waals surface area contributed by atoms with Crippen LogP contribution in [-0.4, -0.2) is 20.7 Å². The molecule has 0 saturated heterocycles. The first-order valence-electron chi connectivity index (χ1n) is 8.27. The highest BCUT2D eigenvalue weighted by atomic mass is 79.9. The SMILES string of the molecule is Cc1ccnn1-c1ccccc1NC(=O)c1cc2cc(Br)ccc2c(=O)[nH]1. The largest absolute Gasteiger partial charge is 0.319 e. The lowest BCUT2D eigenvalue weighted by atomic mass is 10.1. The third kappa shape index (κ3) is 3.29. The number of aryl methyl sites for hydroxylation is 1. The summed E-state index contributed by atoms with van der Waals surface area (Å²) in [6, 6.07) is 16.2. The van der Waals surface area contributed by atoms with Crippen molar-refractivity contribution in [3.63, 3.8) is 0 Å². The van der Waals surface area contributed by atoms with Crippen LogP contribution < -0.4 is 10.9 Å². The van der Waals surface area contributed by atoms with Crippen LogP contribution in [0.4, 0.5) is 5.69 Å². The molecule has 0 aliphatic carbocycles. The van der Waals surface area contributed by atoms with E-state index >= 15 is 0 Å². The molecule has 7 heteroatoms. The average Bonchev–Trinajstić information content (AvgIpc) is 3.07. The number of H-pyrrole nitrogens is 1. The topological polar surface area (TPSA) is 79.8 Å². The summed E-state index contributed by atoms with van der Waals surface area (Å²) < 4.78 is 2.59. The first-order valence-corrected chi connectivity index (χ1v) is 9.06. The Labute approximate surface area is 163 Å². The van der Waals surface area contributed by atoms with Gasteiger partial charge in [0, 0.05) is 21.7 Å². The molecule has 0 spiro atoms. The van der Waals surface area contributed by atoms with Crippen molar-refractivity contribution in [2.24, 2.45) is 0 Å². The molecule has 0 aliphatic heterocycles. The minimum atomic E-state index is -0.397. The Morgan fingerprint density at radius 1 is 1.15 bits per heavy atom. The molecule has 134 valence electrons. The Morgan fingerprint density at radius 2 is 1.96 bits per heavy atom. The van der Waals surface area contributed by atoms with Gasteiger partial charge in [0.15, 0.2) is 0 Å². The predicted octanol–water partition coefficient (Wildman–Crippen LogP) is 4.04. The maximum atomic E-state index is 12.8. The lowest BCUT2D eigenvalue weighted by Gasteiger charge is -2.12. The number of benzene rings is 2. The summed E-state index contributed by atoms with van der Waals surface area (Å²) in [5.41, 5.74) is 2.18. The molecule has 0 aliphatic rings. The number of anilines is 1. The molecule has 0 fully saturated rings. The number of carbonyl (C=O) groups is 1. The number of pyridine rings is 1. The molecule has 4 aromatic rings. The van der Waals surface area contributed by atoms with Gasteiger partial charge in [-0.1, -0.05) is 28.1 Å². The van der Waals surface area contributed by atoms with E-state index in [1.165, 1.54) is 0 Å². The van der Waals surface area contributed by atoms with Gasteiger partial charge in [0.05, 0.1) is 11.4 Å². The number of halogens is 1. The fraction of sp³-hybridized carbons (Fsp3) is 0.0500. The Bertz CT molecular complexity index is 1230. The van der Waals surface area contributed by atoms with E-state index in [2.05, 4.69) is 31.3 Å². The van der Waals surface area contributed by atoms with E-state index in [1.54, 1.807) is 35.1 Å². The van der Waals surface area contributed by atoms with Gasteiger partial charge in [0.2, 0.25) is 0 Å². The quantitative estimate of drug-likeness (QED) is 0.522. The van der Waals surface area contributed by atoms with Crippen molar-refractivity contribution in [1.82, 2.24) is 14.8 Å². The van der Waals surface area contributed by atoms with Crippen LogP contribution in [0.1, 0.15) is 16.2 Å². The second kappa shape index (κ2) is 6.85. The smallest absolute Gasteiger partial charge is 0.272 e. The normalized spacial score (nSPS) is 10.9. The van der Waals surface area contributed by atoms with Gasteiger partial charge in [-0.2, -0.15) is 5.10 Å². The summed E-state index contributed by atoms with van der Waals surface area (Å²) >= 11 is 3.39. The molecule has 0 radical (unpaired) electrons. The van der Waals surface area contributed by atoms with Crippen LogP contribution in [0.15, 0.2) is 70.1 Å². The van der Waals surface area contributed by atoms with E-state index < -0.39 is 5.91 Å². The van der Waals surface area contributed by atoms with Crippen LogP contribution in [0.5, 0.6) is 0 Å². The van der Waals surface area contributed by atoms with Gasteiger partial charge in [0.1, 0.15) is 5.69 Å². The number of aromatic nitrogens is 3. The van der Waals surface area contributed by atoms with E-state index in [0.717, 1.165) is 15.9 Å². The summed E-state index contributed by atoms with van der Waals surface area (Å²) in [5.74, 6) is -0.397. The van der Waals surface area contributed by atoms with Gasteiger partial charge in [-0.05, 0) is 54.8 Å². The zero-order valence-corrected chi connectivity index (χ0v) is 15.9. The van der Waals surface area contributed by atoms with Gasteiger partial charge in [-0.15, -0.1) is 0 Å². The first-order chi connectivity index (χ1) is 13.0. The molecule has 6 nitrogen and oxygen atoms in total. The van der Waals surface area contributed by atoms with Crippen molar-refractivity contribution >= 4 is 38.3 Å². The van der Waals surface area contributed by atoms with Crippen LogP contribution in [0, 0.1) is 6.92 Å². The Balaban J connectivity index is 1.73. The van der Waals surface area contributed by atoms with Crippen LogP contribution in [0.25, 0.3) is 16.5 Å². The number of nitrogens with zero attached hydrogens (tertiary/aromatic N) is 2. The molecule has 2 heterocycles. The van der Waals surface area contributed by atoms with Gasteiger partial charge in [-0.25, -0.2) is 4.68 Å². The maximum absolute atomic E-state index is 12.8. The minimum Gasteiger partial charge on any atom is -0.319 e. The molecular weight excluding hydrogens is 408 g/mol. The van der Waals surface area contributed by atoms with Gasteiger partial charge in [-0.3, -0.25) is 9.59 Å². The lowest BCUT2D eigenvalue weighted by Crippen LogP contribution is -2.20. The molecule has 2 aromatic heterocycles. The molecule has 2 aromatic carbocycles. The summed E-state index contributed by atoms with van der Waals surface area (Å²) in [6.07, 6.45) is 1.70. The second-order valence-corrected chi connectivity index (χ2v) is 7.02. The molecule has 1 amide bonds. The molecule has 0 unspecified atom stereocenters. The Kier molecular flexibility index (Phi) is 4.37. The van der Waals surface area contributed by atoms with Crippen LogP contribution in [-0.2, 0) is 0 Å². The zero-order chi connectivity index (χ0) is 19.0. The number of nitrogens with one attached hydrogen (secondary N) is 2. The number of hydrogen-bond donors (Lipinski definition) is 2.